The van der Waals surface area contributed by atoms with E-state index in [2.05, 4.69) is 15.2 Å². The van der Waals surface area contributed by atoms with Crippen molar-refractivity contribution < 1.29 is 33.0 Å². The molecule has 3 rings (SSSR count). The first-order valence-corrected chi connectivity index (χ1v) is 11.0. The van der Waals surface area contributed by atoms with Crippen LogP contribution >= 0.6 is 0 Å². The van der Waals surface area contributed by atoms with Gasteiger partial charge in [-0.2, -0.15) is 5.10 Å². The molecular weight excluding hydrogens is 468 g/mol. The summed E-state index contributed by atoms with van der Waals surface area (Å²) >= 11 is 0. The third-order valence-electron chi connectivity index (χ3n) is 4.50. The van der Waals surface area contributed by atoms with Crippen molar-refractivity contribution in [3.63, 3.8) is 0 Å². The highest BCUT2D eigenvalue weighted by Crippen LogP contribution is 2.36. The number of hydrazone groups is 1. The number of nitrogens with zero attached hydrogens (tertiary/aromatic N) is 2. The fourth-order valence-electron chi connectivity index (χ4n) is 2.83. The Balaban J connectivity index is 1.93. The van der Waals surface area contributed by atoms with Crippen LogP contribution in [0, 0.1) is 10.1 Å². The molecule has 12 nitrogen and oxygen atoms in total. The van der Waals surface area contributed by atoms with E-state index in [1.54, 1.807) is 12.1 Å². The van der Waals surface area contributed by atoms with E-state index in [1.165, 1.54) is 50.8 Å². The molecule has 0 bridgehead atoms. The number of benzene rings is 3. The Morgan fingerprint density at radius 1 is 1.03 bits per heavy atom. The molecule has 13 heteroatoms. The predicted molar refractivity (Wildman–Crippen MR) is 124 cm³/mol. The van der Waals surface area contributed by atoms with Crippen molar-refractivity contribution in [2.75, 3.05) is 24.4 Å². The van der Waals surface area contributed by atoms with Crippen LogP contribution in [0.3, 0.4) is 0 Å². The van der Waals surface area contributed by atoms with Crippen molar-refractivity contribution in [3.8, 4) is 23.0 Å². The van der Waals surface area contributed by atoms with Gasteiger partial charge in [0.2, 0.25) is 5.75 Å². The third-order valence-corrected chi connectivity index (χ3v) is 5.92. The zero-order valence-electron chi connectivity index (χ0n) is 17.9. The third kappa shape index (κ3) is 5.45. The highest BCUT2D eigenvalue weighted by atomic mass is 32.2. The van der Waals surface area contributed by atoms with Gasteiger partial charge >= 0.3 is 0 Å². The number of ether oxygens (including phenoxy) is 2. The van der Waals surface area contributed by atoms with Crippen LogP contribution in [0.1, 0.15) is 5.56 Å². The quantitative estimate of drug-likeness (QED) is 0.153. The zero-order valence-corrected chi connectivity index (χ0v) is 18.7. The number of hydrogen-bond acceptors (Lipinski definition) is 10. The minimum absolute atomic E-state index is 0.00347. The summed E-state index contributed by atoms with van der Waals surface area (Å²) in [5, 5.41) is 34.6. The number of nitrogens with one attached hydrogen (secondary N) is 2. The fraction of sp³-hybridized carbons (Fsp3) is 0.0952. The van der Waals surface area contributed by atoms with E-state index in [4.69, 9.17) is 9.47 Å². The summed E-state index contributed by atoms with van der Waals surface area (Å²) in [5.74, 6) is -0.361. The van der Waals surface area contributed by atoms with E-state index in [1.807, 2.05) is 0 Å². The van der Waals surface area contributed by atoms with Crippen LogP contribution in [0.5, 0.6) is 23.0 Å². The number of phenolic OH excluding ortho intramolecular Hbond substituents is 2. The van der Waals surface area contributed by atoms with Crippen LogP contribution in [0.4, 0.5) is 17.1 Å². The monoisotopic (exact) mass is 488 g/mol. The topological polar surface area (TPSA) is 173 Å². The second-order valence-corrected chi connectivity index (χ2v) is 8.38. The first kappa shape index (κ1) is 24.1. The predicted octanol–water partition coefficient (Wildman–Crippen LogP) is 3.27. The number of rotatable bonds is 9. The molecule has 0 aromatic heterocycles. The number of aromatic hydroxyl groups is 2. The summed E-state index contributed by atoms with van der Waals surface area (Å²) in [5.41, 5.74) is 2.59. The number of nitro groups is 1. The van der Waals surface area contributed by atoms with Gasteiger partial charge in [-0.1, -0.05) is 0 Å². The molecule has 0 aliphatic heterocycles. The van der Waals surface area contributed by atoms with E-state index in [9.17, 15) is 28.7 Å². The van der Waals surface area contributed by atoms with Crippen LogP contribution in [0.2, 0.25) is 0 Å². The average Bonchev–Trinajstić information content (AvgIpc) is 2.81. The van der Waals surface area contributed by atoms with Crippen LogP contribution in [0.25, 0.3) is 0 Å². The molecule has 0 fully saturated rings. The maximum Gasteiger partial charge on any atom is 0.270 e. The molecule has 0 aliphatic rings. The van der Waals surface area contributed by atoms with Crippen molar-refractivity contribution in [2.45, 2.75) is 4.90 Å². The maximum atomic E-state index is 13.0. The summed E-state index contributed by atoms with van der Waals surface area (Å²) in [7, 11) is -1.49. The summed E-state index contributed by atoms with van der Waals surface area (Å²) in [6, 6.07) is 11.9. The summed E-state index contributed by atoms with van der Waals surface area (Å²) in [4.78, 5) is 10.1. The number of nitro benzene ring substituents is 1. The molecule has 3 aromatic rings. The molecule has 0 amide bonds. The summed E-state index contributed by atoms with van der Waals surface area (Å²) in [6.07, 6.45) is 1.23. The maximum absolute atomic E-state index is 13.0. The van der Waals surface area contributed by atoms with E-state index < -0.39 is 37.0 Å². The molecule has 0 saturated carbocycles. The molecule has 0 aliphatic carbocycles. The van der Waals surface area contributed by atoms with Gasteiger partial charge in [0.15, 0.2) is 11.5 Å². The molecule has 0 radical (unpaired) electrons. The zero-order chi connectivity index (χ0) is 24.9. The Hall–Kier alpha value is -4.52. The van der Waals surface area contributed by atoms with E-state index in [0.717, 1.165) is 12.1 Å². The van der Waals surface area contributed by atoms with Gasteiger partial charge in [-0.15, -0.1) is 0 Å². The molecule has 0 atom stereocenters. The molecule has 4 N–H and O–H groups in total. The molecule has 0 spiro atoms. The average molecular weight is 488 g/mol. The Labute approximate surface area is 194 Å². The van der Waals surface area contributed by atoms with E-state index in [-0.39, 0.29) is 17.1 Å². The number of hydrogen-bond donors (Lipinski definition) is 4. The molecule has 0 unspecified atom stereocenters. The number of anilines is 2. The highest BCUT2D eigenvalue weighted by Gasteiger charge is 2.23. The summed E-state index contributed by atoms with van der Waals surface area (Å²) in [6.45, 7) is 0. The summed E-state index contributed by atoms with van der Waals surface area (Å²) < 4.78 is 38.4. The van der Waals surface area contributed by atoms with Gasteiger partial charge in [-0.3, -0.25) is 20.3 Å². The van der Waals surface area contributed by atoms with Gasteiger partial charge in [0, 0.05) is 23.4 Å². The number of methoxy groups -OCH3 is 2. The normalized spacial score (nSPS) is 11.2. The van der Waals surface area contributed by atoms with E-state index in [0.29, 0.717) is 11.3 Å². The van der Waals surface area contributed by atoms with Crippen molar-refractivity contribution in [1.29, 1.82) is 0 Å². The SMILES string of the molecule is COc1ccc(NS(=O)(=O)c2cc([N+](=O)[O-])ccc2N/N=C/c2cc(O)c(O)c(OC)c2)cc1. The lowest BCUT2D eigenvalue weighted by atomic mass is 10.2. The molecule has 178 valence electrons. The van der Waals surface area contributed by atoms with Crippen molar-refractivity contribution >= 4 is 33.3 Å². The Kier molecular flexibility index (Phi) is 7.06. The molecule has 3 aromatic carbocycles. The first-order chi connectivity index (χ1) is 16.1. The second-order valence-electron chi connectivity index (χ2n) is 6.73. The van der Waals surface area contributed by atoms with Gasteiger partial charge in [0.05, 0.1) is 31.0 Å². The van der Waals surface area contributed by atoms with Crippen molar-refractivity contribution in [3.05, 3.63) is 70.3 Å². The van der Waals surface area contributed by atoms with Crippen molar-refractivity contribution in [1.82, 2.24) is 0 Å². The number of phenols is 2. The lowest BCUT2D eigenvalue weighted by molar-refractivity contribution is -0.385. The number of sulfonamides is 1. The van der Waals surface area contributed by atoms with Gasteiger partial charge in [-0.05, 0) is 42.5 Å². The smallest absolute Gasteiger partial charge is 0.270 e. The molecule has 34 heavy (non-hydrogen) atoms. The first-order valence-electron chi connectivity index (χ1n) is 9.49. The Morgan fingerprint density at radius 2 is 1.74 bits per heavy atom. The fourth-order valence-corrected chi connectivity index (χ4v) is 4.06. The second kappa shape index (κ2) is 9.95. The van der Waals surface area contributed by atoms with Gasteiger partial charge in [-0.25, -0.2) is 8.42 Å². The van der Waals surface area contributed by atoms with Crippen LogP contribution < -0.4 is 19.6 Å². The van der Waals surface area contributed by atoms with Crippen molar-refractivity contribution in [2.24, 2.45) is 5.10 Å². The largest absolute Gasteiger partial charge is 0.504 e. The standard InChI is InChI=1S/C21H20N4O8S/c1-32-16-6-3-14(4-7-16)24-34(30,31)20-11-15(25(28)29)5-8-17(20)23-22-12-13-9-18(26)21(27)19(10-13)33-2/h3-12,23-24,26-27H,1-2H3/b22-12+. The van der Waals surface area contributed by atoms with Crippen LogP contribution in [-0.2, 0) is 10.0 Å². The Morgan fingerprint density at radius 3 is 2.35 bits per heavy atom. The molecular formula is C21H20N4O8S. The lowest BCUT2D eigenvalue weighted by Gasteiger charge is -2.12. The lowest BCUT2D eigenvalue weighted by Crippen LogP contribution is -2.15. The number of non-ortho nitro benzene ring substituents is 1. The highest BCUT2D eigenvalue weighted by molar-refractivity contribution is 7.92. The molecule has 0 heterocycles. The minimum Gasteiger partial charge on any atom is -0.504 e. The molecule has 0 saturated heterocycles. The van der Waals surface area contributed by atoms with Crippen LogP contribution in [-0.4, -0.2) is 44.0 Å². The van der Waals surface area contributed by atoms with Crippen LogP contribution in [0.15, 0.2) is 64.6 Å². The Bertz CT molecular complexity index is 1340. The minimum atomic E-state index is -4.26. The van der Waals surface area contributed by atoms with Gasteiger partial charge in [0.25, 0.3) is 15.7 Å². The van der Waals surface area contributed by atoms with E-state index >= 15 is 0 Å². The van der Waals surface area contributed by atoms with Gasteiger partial charge in [0.1, 0.15) is 10.6 Å². The van der Waals surface area contributed by atoms with Gasteiger partial charge < -0.3 is 19.7 Å².